The lowest BCUT2D eigenvalue weighted by atomic mass is 10.1. The molecule has 0 aliphatic rings. The van der Waals surface area contributed by atoms with Crippen LogP contribution in [0.4, 0.5) is 0 Å². The Morgan fingerprint density at radius 2 is 1.58 bits per heavy atom. The molecule has 0 spiro atoms. The van der Waals surface area contributed by atoms with E-state index in [-0.39, 0.29) is 17.0 Å². The SMILES string of the molecule is Br.COc1c(C)cc(Br)cc1C. The van der Waals surface area contributed by atoms with E-state index in [9.17, 15) is 0 Å². The highest BCUT2D eigenvalue weighted by molar-refractivity contribution is 9.10. The summed E-state index contributed by atoms with van der Waals surface area (Å²) in [6.07, 6.45) is 0. The molecule has 0 bridgehead atoms. The summed E-state index contributed by atoms with van der Waals surface area (Å²) in [7, 11) is 1.70. The summed E-state index contributed by atoms with van der Waals surface area (Å²) in [5.41, 5.74) is 2.33. The molecule has 3 heteroatoms. The first-order valence-corrected chi connectivity index (χ1v) is 4.25. The smallest absolute Gasteiger partial charge is 0.124 e. The average Bonchev–Trinajstić information content (AvgIpc) is 1.85. The number of rotatable bonds is 1. The van der Waals surface area contributed by atoms with Gasteiger partial charge in [-0.3, -0.25) is 0 Å². The highest BCUT2D eigenvalue weighted by Gasteiger charge is 2.02. The number of hydrogen-bond donors (Lipinski definition) is 0. The van der Waals surface area contributed by atoms with Gasteiger partial charge in [0.25, 0.3) is 0 Å². The summed E-state index contributed by atoms with van der Waals surface area (Å²) in [6, 6.07) is 4.09. The third kappa shape index (κ3) is 2.49. The molecule has 68 valence electrons. The first-order valence-electron chi connectivity index (χ1n) is 3.46. The van der Waals surface area contributed by atoms with Gasteiger partial charge in [0, 0.05) is 4.47 Å². The lowest BCUT2D eigenvalue weighted by molar-refractivity contribution is 0.408. The van der Waals surface area contributed by atoms with Gasteiger partial charge in [0.05, 0.1) is 7.11 Å². The second kappa shape index (κ2) is 4.87. The maximum atomic E-state index is 5.21. The van der Waals surface area contributed by atoms with Crippen molar-refractivity contribution < 1.29 is 4.74 Å². The second-order valence-electron chi connectivity index (χ2n) is 2.57. The van der Waals surface area contributed by atoms with Gasteiger partial charge < -0.3 is 4.74 Å². The van der Waals surface area contributed by atoms with Crippen molar-refractivity contribution in [3.63, 3.8) is 0 Å². The molecule has 0 aliphatic carbocycles. The third-order valence-corrected chi connectivity index (χ3v) is 2.09. The van der Waals surface area contributed by atoms with Gasteiger partial charge in [-0.25, -0.2) is 0 Å². The van der Waals surface area contributed by atoms with Crippen LogP contribution in [0.5, 0.6) is 5.75 Å². The van der Waals surface area contributed by atoms with Crippen LogP contribution >= 0.6 is 32.9 Å². The van der Waals surface area contributed by atoms with Crippen molar-refractivity contribution in [1.29, 1.82) is 0 Å². The molecule has 0 aliphatic heterocycles. The molecule has 1 aromatic rings. The van der Waals surface area contributed by atoms with Crippen molar-refractivity contribution in [3.8, 4) is 5.75 Å². The largest absolute Gasteiger partial charge is 0.496 e. The van der Waals surface area contributed by atoms with Crippen molar-refractivity contribution in [3.05, 3.63) is 27.7 Å². The first-order chi connectivity index (χ1) is 5.15. The molecule has 1 nitrogen and oxygen atoms in total. The summed E-state index contributed by atoms with van der Waals surface area (Å²) in [5, 5.41) is 0. The molecule has 0 unspecified atom stereocenters. The molecule has 0 amide bonds. The summed E-state index contributed by atoms with van der Waals surface area (Å²) >= 11 is 3.42. The van der Waals surface area contributed by atoms with E-state index < -0.39 is 0 Å². The van der Waals surface area contributed by atoms with E-state index in [1.54, 1.807) is 7.11 Å². The minimum absolute atomic E-state index is 0. The summed E-state index contributed by atoms with van der Waals surface area (Å²) < 4.78 is 6.31. The Morgan fingerprint density at radius 3 is 1.92 bits per heavy atom. The van der Waals surface area contributed by atoms with Crippen LogP contribution in [0.15, 0.2) is 16.6 Å². The molecule has 0 heterocycles. The zero-order valence-electron chi connectivity index (χ0n) is 7.35. The number of halogens is 2. The number of methoxy groups -OCH3 is 1. The Hall–Kier alpha value is -0.0200. The topological polar surface area (TPSA) is 9.23 Å². The van der Waals surface area contributed by atoms with Crippen LogP contribution in [0, 0.1) is 13.8 Å². The molecule has 0 atom stereocenters. The minimum atomic E-state index is 0. The molecule has 0 radical (unpaired) electrons. The van der Waals surface area contributed by atoms with Crippen molar-refractivity contribution >= 4 is 32.9 Å². The van der Waals surface area contributed by atoms with Gasteiger partial charge in [-0.1, -0.05) is 15.9 Å². The molecule has 0 saturated heterocycles. The van der Waals surface area contributed by atoms with Gasteiger partial charge in [-0.2, -0.15) is 0 Å². The molecule has 0 saturated carbocycles. The number of hydrogen-bond acceptors (Lipinski definition) is 1. The molecular weight excluding hydrogens is 284 g/mol. The quantitative estimate of drug-likeness (QED) is 0.768. The second-order valence-corrected chi connectivity index (χ2v) is 3.49. The molecule has 1 rings (SSSR count). The predicted molar refractivity (Wildman–Crippen MR) is 60.5 cm³/mol. The Labute approximate surface area is 92.0 Å². The molecule has 0 N–H and O–H groups in total. The van der Waals surface area contributed by atoms with Gasteiger partial charge in [-0.15, -0.1) is 17.0 Å². The lowest BCUT2D eigenvalue weighted by Crippen LogP contribution is -1.90. The zero-order chi connectivity index (χ0) is 8.43. The number of aryl methyl sites for hydroxylation is 2. The average molecular weight is 296 g/mol. The summed E-state index contributed by atoms with van der Waals surface area (Å²) in [4.78, 5) is 0. The Morgan fingerprint density at radius 1 is 1.17 bits per heavy atom. The maximum Gasteiger partial charge on any atom is 0.124 e. The maximum absolute atomic E-state index is 5.21. The van der Waals surface area contributed by atoms with Gasteiger partial charge in [-0.05, 0) is 37.1 Å². The van der Waals surface area contributed by atoms with Crippen LogP contribution in [0.1, 0.15) is 11.1 Å². The molecular formula is C9H12Br2O. The Balaban J connectivity index is 0.00000121. The van der Waals surface area contributed by atoms with Gasteiger partial charge in [0.1, 0.15) is 5.75 Å². The van der Waals surface area contributed by atoms with Crippen LogP contribution in [0.3, 0.4) is 0 Å². The van der Waals surface area contributed by atoms with Gasteiger partial charge >= 0.3 is 0 Å². The molecule has 0 aromatic heterocycles. The lowest BCUT2D eigenvalue weighted by Gasteiger charge is -2.07. The van der Waals surface area contributed by atoms with Crippen LogP contribution in [-0.2, 0) is 0 Å². The van der Waals surface area contributed by atoms with Crippen LogP contribution in [0.25, 0.3) is 0 Å². The zero-order valence-corrected chi connectivity index (χ0v) is 10.6. The van der Waals surface area contributed by atoms with Crippen molar-refractivity contribution in [2.75, 3.05) is 7.11 Å². The van der Waals surface area contributed by atoms with Crippen molar-refractivity contribution in [1.82, 2.24) is 0 Å². The first kappa shape index (κ1) is 12.0. The summed E-state index contributed by atoms with van der Waals surface area (Å²) in [5.74, 6) is 0.980. The van der Waals surface area contributed by atoms with Gasteiger partial charge in [0.15, 0.2) is 0 Å². The van der Waals surface area contributed by atoms with E-state index in [0.717, 1.165) is 10.2 Å². The van der Waals surface area contributed by atoms with Gasteiger partial charge in [0.2, 0.25) is 0 Å². The normalized spacial score (nSPS) is 9.00. The Kier molecular flexibility index (Phi) is 4.87. The van der Waals surface area contributed by atoms with Crippen LogP contribution < -0.4 is 4.74 Å². The fraction of sp³-hybridized carbons (Fsp3) is 0.333. The number of benzene rings is 1. The predicted octanol–water partition coefficient (Wildman–Crippen LogP) is 3.65. The van der Waals surface area contributed by atoms with Crippen LogP contribution in [0.2, 0.25) is 0 Å². The Bertz CT molecular complexity index is 248. The van der Waals surface area contributed by atoms with E-state index >= 15 is 0 Å². The van der Waals surface area contributed by atoms with Crippen molar-refractivity contribution in [2.24, 2.45) is 0 Å². The van der Waals surface area contributed by atoms with E-state index in [1.807, 2.05) is 26.0 Å². The molecule has 0 fully saturated rings. The fourth-order valence-electron chi connectivity index (χ4n) is 1.22. The monoisotopic (exact) mass is 294 g/mol. The van der Waals surface area contributed by atoms with E-state index in [2.05, 4.69) is 15.9 Å². The number of ether oxygens (including phenoxy) is 1. The summed E-state index contributed by atoms with van der Waals surface area (Å²) in [6.45, 7) is 4.08. The third-order valence-electron chi connectivity index (χ3n) is 1.63. The highest BCUT2D eigenvalue weighted by Crippen LogP contribution is 2.26. The molecule has 12 heavy (non-hydrogen) atoms. The minimum Gasteiger partial charge on any atom is -0.496 e. The molecule has 1 aromatic carbocycles. The van der Waals surface area contributed by atoms with Crippen molar-refractivity contribution in [2.45, 2.75) is 13.8 Å². The highest BCUT2D eigenvalue weighted by atomic mass is 79.9. The van der Waals surface area contributed by atoms with E-state index in [0.29, 0.717) is 0 Å². The van der Waals surface area contributed by atoms with E-state index in [4.69, 9.17) is 4.74 Å². The van der Waals surface area contributed by atoms with E-state index in [1.165, 1.54) is 11.1 Å². The standard InChI is InChI=1S/C9H11BrO.BrH/c1-6-4-8(10)5-7(2)9(6)11-3;/h4-5H,1-3H3;1H. The fourth-order valence-corrected chi connectivity index (χ4v) is 1.91. The van der Waals surface area contributed by atoms with Crippen LogP contribution in [-0.4, -0.2) is 7.11 Å².